The molecule has 2 N–H and O–H groups in total. The first-order chi connectivity index (χ1) is 6.40. The summed E-state index contributed by atoms with van der Waals surface area (Å²) in [5, 5.41) is 3.62. The van der Waals surface area contributed by atoms with Crippen LogP contribution in [0.25, 0.3) is 0 Å². The summed E-state index contributed by atoms with van der Waals surface area (Å²) in [5.74, 6) is 0.862. The lowest BCUT2D eigenvalue weighted by molar-refractivity contribution is 0.418. The van der Waals surface area contributed by atoms with E-state index in [2.05, 4.69) is 10.1 Å². The highest BCUT2D eigenvalue weighted by Gasteiger charge is 2.02. The molecule has 0 fully saturated rings. The van der Waals surface area contributed by atoms with Gasteiger partial charge in [0.15, 0.2) is 0 Å². The van der Waals surface area contributed by atoms with Crippen molar-refractivity contribution < 1.29 is 4.52 Å². The molecule has 0 aromatic carbocycles. The Kier molecular flexibility index (Phi) is 2.09. The van der Waals surface area contributed by atoms with Crippen LogP contribution in [0.1, 0.15) is 11.4 Å². The van der Waals surface area contributed by atoms with Crippen LogP contribution < -0.4 is 5.73 Å². The second kappa shape index (κ2) is 3.40. The fourth-order valence-corrected chi connectivity index (χ4v) is 1.18. The van der Waals surface area contributed by atoms with Gasteiger partial charge in [0, 0.05) is 18.0 Å². The van der Waals surface area contributed by atoms with Gasteiger partial charge in [0.2, 0.25) is 0 Å². The molecule has 5 nitrogen and oxygen atoms in total. The van der Waals surface area contributed by atoms with E-state index in [9.17, 15) is 0 Å². The van der Waals surface area contributed by atoms with Crippen molar-refractivity contribution in [3.63, 3.8) is 0 Å². The Morgan fingerprint density at radius 2 is 2.46 bits per heavy atom. The predicted octanol–water partition coefficient (Wildman–Crippen LogP) is 0.378. The van der Waals surface area contributed by atoms with Gasteiger partial charge in [-0.3, -0.25) is 0 Å². The lowest BCUT2D eigenvalue weighted by Gasteiger charge is -2.02. The van der Waals surface area contributed by atoms with Crippen LogP contribution in [0, 0.1) is 0 Å². The van der Waals surface area contributed by atoms with E-state index in [0.717, 1.165) is 11.4 Å². The summed E-state index contributed by atoms with van der Waals surface area (Å²) >= 11 is 0. The molecular formula is C8H10N4O. The van der Waals surface area contributed by atoms with Crippen molar-refractivity contribution >= 4 is 0 Å². The third-order valence-corrected chi connectivity index (χ3v) is 1.82. The van der Waals surface area contributed by atoms with Crippen molar-refractivity contribution in [3.05, 3.63) is 36.2 Å². The highest BCUT2D eigenvalue weighted by Crippen LogP contribution is 2.03. The molecular weight excluding hydrogens is 168 g/mol. The molecule has 0 atom stereocenters. The van der Waals surface area contributed by atoms with Crippen molar-refractivity contribution in [3.8, 4) is 0 Å². The number of hydrogen-bond donors (Lipinski definition) is 1. The minimum Gasteiger partial charge on any atom is -0.364 e. The average molecular weight is 178 g/mol. The normalized spacial score (nSPS) is 10.5. The van der Waals surface area contributed by atoms with Gasteiger partial charge in [0.25, 0.3) is 0 Å². The van der Waals surface area contributed by atoms with Crippen molar-refractivity contribution in [1.29, 1.82) is 0 Å². The Bertz CT molecular complexity index is 365. The standard InChI is InChI=1S/C8H10N4O/c9-3-8-10-1-2-12(8)5-7-4-11-13-6-7/h1-2,4,6H,3,5,9H2. The van der Waals surface area contributed by atoms with E-state index in [1.165, 1.54) is 0 Å². The first kappa shape index (κ1) is 8.00. The Labute approximate surface area is 75.2 Å². The largest absolute Gasteiger partial charge is 0.364 e. The van der Waals surface area contributed by atoms with Gasteiger partial charge in [0.1, 0.15) is 12.1 Å². The van der Waals surface area contributed by atoms with Gasteiger partial charge in [-0.1, -0.05) is 5.16 Å². The van der Waals surface area contributed by atoms with Crippen LogP contribution in [0.3, 0.4) is 0 Å². The number of hydrogen-bond acceptors (Lipinski definition) is 4. The zero-order valence-electron chi connectivity index (χ0n) is 7.05. The lowest BCUT2D eigenvalue weighted by atomic mass is 10.3. The molecule has 0 aliphatic carbocycles. The lowest BCUT2D eigenvalue weighted by Crippen LogP contribution is -2.08. The maximum Gasteiger partial charge on any atom is 0.128 e. The quantitative estimate of drug-likeness (QED) is 0.737. The Balaban J connectivity index is 2.18. The third-order valence-electron chi connectivity index (χ3n) is 1.82. The second-order valence-corrected chi connectivity index (χ2v) is 2.71. The van der Waals surface area contributed by atoms with Crippen LogP contribution in [-0.2, 0) is 13.1 Å². The van der Waals surface area contributed by atoms with E-state index in [1.54, 1.807) is 18.7 Å². The van der Waals surface area contributed by atoms with Crippen LogP contribution in [-0.4, -0.2) is 14.7 Å². The van der Waals surface area contributed by atoms with E-state index in [4.69, 9.17) is 10.3 Å². The number of nitrogens with two attached hydrogens (primary N) is 1. The zero-order valence-corrected chi connectivity index (χ0v) is 7.05. The number of nitrogens with zero attached hydrogens (tertiary/aromatic N) is 3. The van der Waals surface area contributed by atoms with Gasteiger partial charge in [-0.25, -0.2) is 4.98 Å². The number of rotatable bonds is 3. The molecule has 0 aliphatic heterocycles. The van der Waals surface area contributed by atoms with E-state index < -0.39 is 0 Å². The average Bonchev–Trinajstić information content (AvgIpc) is 2.76. The molecule has 0 unspecified atom stereocenters. The smallest absolute Gasteiger partial charge is 0.128 e. The van der Waals surface area contributed by atoms with Crippen molar-refractivity contribution in [2.24, 2.45) is 5.73 Å². The van der Waals surface area contributed by atoms with Gasteiger partial charge in [-0.2, -0.15) is 0 Å². The Morgan fingerprint density at radius 3 is 3.15 bits per heavy atom. The molecule has 2 rings (SSSR count). The molecule has 2 aromatic rings. The van der Waals surface area contributed by atoms with Crippen LogP contribution in [0.5, 0.6) is 0 Å². The van der Waals surface area contributed by atoms with Crippen LogP contribution >= 0.6 is 0 Å². The fraction of sp³-hybridized carbons (Fsp3) is 0.250. The topological polar surface area (TPSA) is 69.9 Å². The molecule has 0 saturated heterocycles. The zero-order chi connectivity index (χ0) is 9.10. The molecule has 2 aromatic heterocycles. The first-order valence-electron chi connectivity index (χ1n) is 3.98. The summed E-state index contributed by atoms with van der Waals surface area (Å²) in [6.07, 6.45) is 6.91. The minimum atomic E-state index is 0.443. The summed E-state index contributed by atoms with van der Waals surface area (Å²) in [4.78, 5) is 4.10. The minimum absolute atomic E-state index is 0.443. The molecule has 0 spiro atoms. The van der Waals surface area contributed by atoms with Gasteiger partial charge >= 0.3 is 0 Å². The maximum atomic E-state index is 5.50. The molecule has 0 aliphatic rings. The molecule has 0 radical (unpaired) electrons. The van der Waals surface area contributed by atoms with Crippen molar-refractivity contribution in [1.82, 2.24) is 14.7 Å². The number of aromatic nitrogens is 3. The Morgan fingerprint density at radius 1 is 1.54 bits per heavy atom. The molecule has 68 valence electrons. The molecule has 13 heavy (non-hydrogen) atoms. The highest BCUT2D eigenvalue weighted by atomic mass is 16.5. The van der Waals surface area contributed by atoms with E-state index >= 15 is 0 Å². The summed E-state index contributed by atoms with van der Waals surface area (Å²) in [6, 6.07) is 0. The SMILES string of the molecule is NCc1nccn1Cc1cnoc1. The predicted molar refractivity (Wildman–Crippen MR) is 45.7 cm³/mol. The summed E-state index contributed by atoms with van der Waals surface area (Å²) < 4.78 is 6.69. The summed E-state index contributed by atoms with van der Waals surface area (Å²) in [7, 11) is 0. The Hall–Kier alpha value is -1.62. The number of imidazole rings is 1. The van der Waals surface area contributed by atoms with E-state index in [-0.39, 0.29) is 0 Å². The summed E-state index contributed by atoms with van der Waals surface area (Å²) in [6.45, 7) is 1.15. The molecule has 5 heteroatoms. The van der Waals surface area contributed by atoms with Crippen LogP contribution in [0.2, 0.25) is 0 Å². The molecule has 0 saturated carbocycles. The molecule has 2 heterocycles. The van der Waals surface area contributed by atoms with Gasteiger partial charge in [-0.15, -0.1) is 0 Å². The fourth-order valence-electron chi connectivity index (χ4n) is 1.18. The maximum absolute atomic E-state index is 5.50. The van der Waals surface area contributed by atoms with Crippen LogP contribution in [0.4, 0.5) is 0 Å². The van der Waals surface area contributed by atoms with Crippen molar-refractivity contribution in [2.45, 2.75) is 13.1 Å². The first-order valence-corrected chi connectivity index (χ1v) is 3.98. The van der Waals surface area contributed by atoms with Gasteiger partial charge < -0.3 is 14.8 Å². The van der Waals surface area contributed by atoms with Crippen LogP contribution in [0.15, 0.2) is 29.4 Å². The second-order valence-electron chi connectivity index (χ2n) is 2.71. The molecule has 0 bridgehead atoms. The highest BCUT2D eigenvalue weighted by molar-refractivity contribution is 5.04. The van der Waals surface area contributed by atoms with E-state index in [0.29, 0.717) is 13.1 Å². The summed E-state index contributed by atoms with van der Waals surface area (Å²) in [5.41, 5.74) is 6.51. The molecule has 0 amide bonds. The van der Waals surface area contributed by atoms with Gasteiger partial charge in [0.05, 0.1) is 19.3 Å². The monoisotopic (exact) mass is 178 g/mol. The van der Waals surface area contributed by atoms with Gasteiger partial charge in [-0.05, 0) is 0 Å². The van der Waals surface area contributed by atoms with E-state index in [1.807, 2.05) is 10.8 Å². The third kappa shape index (κ3) is 1.59. The van der Waals surface area contributed by atoms with Crippen molar-refractivity contribution in [2.75, 3.05) is 0 Å².